The standard InChI is InChI=1S/C14H15Cl2N5O/c1-14(2,3)11-12(18-13(22)21-19-11)20-17-7-8-4-5-9(15)6-10(8)16/h4-7H,1-3H3,(H2,18,20,21,22)/b17-7+. The predicted octanol–water partition coefficient (Wildman–Crippen LogP) is 3.22. The van der Waals surface area contributed by atoms with E-state index >= 15 is 0 Å². The van der Waals surface area contributed by atoms with Gasteiger partial charge in [-0.2, -0.15) is 15.2 Å². The average molecular weight is 340 g/mol. The molecule has 6 nitrogen and oxygen atoms in total. The SMILES string of the molecule is CC(C)(C)c1n[nH]c(=O)nc1N/N=C/c1ccc(Cl)cc1Cl. The van der Waals surface area contributed by atoms with E-state index in [1.165, 1.54) is 6.21 Å². The minimum absolute atomic E-state index is 0.299. The van der Waals surface area contributed by atoms with Gasteiger partial charge in [-0.25, -0.2) is 9.89 Å². The van der Waals surface area contributed by atoms with Crippen molar-refractivity contribution in [3.63, 3.8) is 0 Å². The van der Waals surface area contributed by atoms with Crippen LogP contribution < -0.4 is 11.1 Å². The second kappa shape index (κ2) is 6.46. The first-order valence-corrected chi connectivity index (χ1v) is 7.24. The lowest BCUT2D eigenvalue weighted by Gasteiger charge is -2.18. The maximum absolute atomic E-state index is 11.3. The zero-order chi connectivity index (χ0) is 16.3. The van der Waals surface area contributed by atoms with Gasteiger partial charge in [-0.15, -0.1) is 0 Å². The van der Waals surface area contributed by atoms with Gasteiger partial charge in [0, 0.05) is 16.0 Å². The van der Waals surface area contributed by atoms with E-state index in [1.54, 1.807) is 18.2 Å². The lowest BCUT2D eigenvalue weighted by atomic mass is 9.92. The van der Waals surface area contributed by atoms with E-state index in [0.29, 0.717) is 27.1 Å². The molecule has 0 aliphatic heterocycles. The predicted molar refractivity (Wildman–Crippen MR) is 89.0 cm³/mol. The van der Waals surface area contributed by atoms with E-state index in [0.717, 1.165) is 0 Å². The highest BCUT2D eigenvalue weighted by Crippen LogP contribution is 2.24. The van der Waals surface area contributed by atoms with Crippen LogP contribution in [0.3, 0.4) is 0 Å². The van der Waals surface area contributed by atoms with E-state index in [4.69, 9.17) is 23.2 Å². The Hall–Kier alpha value is -1.92. The molecule has 0 saturated carbocycles. The average Bonchev–Trinajstić information content (AvgIpc) is 2.40. The van der Waals surface area contributed by atoms with Crippen molar-refractivity contribution in [3.05, 3.63) is 50.0 Å². The number of hydrogen-bond donors (Lipinski definition) is 2. The van der Waals surface area contributed by atoms with Crippen molar-refractivity contribution in [2.45, 2.75) is 26.2 Å². The third-order valence-electron chi connectivity index (χ3n) is 2.75. The zero-order valence-electron chi connectivity index (χ0n) is 12.3. The van der Waals surface area contributed by atoms with E-state index in [1.807, 2.05) is 20.8 Å². The number of halogens is 2. The fourth-order valence-electron chi connectivity index (χ4n) is 1.71. The highest BCUT2D eigenvalue weighted by atomic mass is 35.5. The van der Waals surface area contributed by atoms with Crippen LogP contribution in [0.25, 0.3) is 0 Å². The summed E-state index contributed by atoms with van der Waals surface area (Å²) in [6.07, 6.45) is 1.52. The fraction of sp³-hybridized carbons (Fsp3) is 0.286. The number of aromatic amines is 1. The summed E-state index contributed by atoms with van der Waals surface area (Å²) in [7, 11) is 0. The van der Waals surface area contributed by atoms with Gasteiger partial charge in [0.15, 0.2) is 5.82 Å². The van der Waals surface area contributed by atoms with Crippen molar-refractivity contribution < 1.29 is 0 Å². The van der Waals surface area contributed by atoms with Gasteiger partial charge in [-0.05, 0) is 12.1 Å². The summed E-state index contributed by atoms with van der Waals surface area (Å²) in [5.41, 5.74) is 3.18. The molecule has 2 N–H and O–H groups in total. The topological polar surface area (TPSA) is 83.0 Å². The van der Waals surface area contributed by atoms with E-state index in [9.17, 15) is 4.79 Å². The molecule has 0 atom stereocenters. The maximum Gasteiger partial charge on any atom is 0.363 e. The molecule has 116 valence electrons. The molecular weight excluding hydrogens is 325 g/mol. The Morgan fingerprint density at radius 1 is 1.32 bits per heavy atom. The normalized spacial score (nSPS) is 11.9. The van der Waals surface area contributed by atoms with Gasteiger partial charge < -0.3 is 0 Å². The molecule has 0 radical (unpaired) electrons. The van der Waals surface area contributed by atoms with Crippen molar-refractivity contribution >= 4 is 35.2 Å². The molecule has 2 aromatic rings. The van der Waals surface area contributed by atoms with Crippen LogP contribution in [0.15, 0.2) is 28.1 Å². The number of aromatic nitrogens is 3. The van der Waals surface area contributed by atoms with E-state index < -0.39 is 5.69 Å². The van der Waals surface area contributed by atoms with E-state index in [2.05, 4.69) is 25.7 Å². The first-order chi connectivity index (χ1) is 10.3. The lowest BCUT2D eigenvalue weighted by molar-refractivity contribution is 0.553. The van der Waals surface area contributed by atoms with Gasteiger partial charge >= 0.3 is 5.69 Å². The highest BCUT2D eigenvalue weighted by Gasteiger charge is 2.21. The number of benzene rings is 1. The van der Waals surface area contributed by atoms with Crippen LogP contribution in [0.2, 0.25) is 10.0 Å². The molecule has 0 saturated heterocycles. The minimum atomic E-state index is -0.546. The summed E-state index contributed by atoms with van der Waals surface area (Å²) in [6.45, 7) is 5.88. The molecular formula is C14H15Cl2N5O. The Kier molecular flexibility index (Phi) is 4.83. The minimum Gasteiger partial charge on any atom is -0.260 e. The summed E-state index contributed by atoms with van der Waals surface area (Å²) in [4.78, 5) is 15.2. The molecule has 1 aromatic carbocycles. The smallest absolute Gasteiger partial charge is 0.260 e. The number of hydrogen-bond acceptors (Lipinski definition) is 5. The Balaban J connectivity index is 2.26. The zero-order valence-corrected chi connectivity index (χ0v) is 13.8. The first-order valence-electron chi connectivity index (χ1n) is 6.49. The molecule has 0 aliphatic rings. The van der Waals surface area contributed by atoms with Gasteiger partial charge in [0.05, 0.1) is 11.2 Å². The number of hydrazone groups is 1. The number of nitrogens with one attached hydrogen (secondary N) is 2. The van der Waals surface area contributed by atoms with Crippen LogP contribution in [0.5, 0.6) is 0 Å². The molecule has 22 heavy (non-hydrogen) atoms. The summed E-state index contributed by atoms with van der Waals surface area (Å²) in [5.74, 6) is 0.303. The molecule has 8 heteroatoms. The summed E-state index contributed by atoms with van der Waals surface area (Å²) < 4.78 is 0. The Morgan fingerprint density at radius 2 is 2.05 bits per heavy atom. The monoisotopic (exact) mass is 339 g/mol. The molecule has 0 fully saturated rings. The van der Waals surface area contributed by atoms with Crippen LogP contribution in [0.1, 0.15) is 32.0 Å². The quantitative estimate of drug-likeness (QED) is 0.664. The number of nitrogens with zero attached hydrogens (tertiary/aromatic N) is 3. The van der Waals surface area contributed by atoms with Crippen LogP contribution in [-0.2, 0) is 5.41 Å². The molecule has 1 heterocycles. The number of anilines is 1. The second-order valence-electron chi connectivity index (χ2n) is 5.62. The van der Waals surface area contributed by atoms with E-state index in [-0.39, 0.29) is 5.41 Å². The van der Waals surface area contributed by atoms with Gasteiger partial charge in [0.1, 0.15) is 5.69 Å². The lowest BCUT2D eigenvalue weighted by Crippen LogP contribution is -2.24. The molecule has 0 unspecified atom stereocenters. The second-order valence-corrected chi connectivity index (χ2v) is 6.47. The van der Waals surface area contributed by atoms with Crippen molar-refractivity contribution in [3.8, 4) is 0 Å². The van der Waals surface area contributed by atoms with Gasteiger partial charge in [0.25, 0.3) is 0 Å². The summed E-state index contributed by atoms with van der Waals surface area (Å²) in [6, 6.07) is 5.07. The van der Waals surface area contributed by atoms with Gasteiger partial charge in [0.2, 0.25) is 0 Å². The number of H-pyrrole nitrogens is 1. The molecule has 2 rings (SSSR count). The van der Waals surface area contributed by atoms with Crippen molar-refractivity contribution in [1.29, 1.82) is 0 Å². The van der Waals surface area contributed by atoms with Crippen molar-refractivity contribution in [2.75, 3.05) is 5.43 Å². The van der Waals surface area contributed by atoms with Crippen LogP contribution in [-0.4, -0.2) is 21.4 Å². The van der Waals surface area contributed by atoms with Crippen molar-refractivity contribution in [2.24, 2.45) is 5.10 Å². The van der Waals surface area contributed by atoms with Crippen LogP contribution in [0, 0.1) is 0 Å². The Bertz CT molecular complexity index is 765. The highest BCUT2D eigenvalue weighted by molar-refractivity contribution is 6.36. The summed E-state index contributed by atoms with van der Waals surface area (Å²) >= 11 is 11.9. The number of rotatable bonds is 3. The maximum atomic E-state index is 11.3. The summed E-state index contributed by atoms with van der Waals surface area (Å²) in [5, 5.41) is 11.4. The Labute approximate surface area is 137 Å². The molecule has 1 aromatic heterocycles. The molecule has 0 spiro atoms. The largest absolute Gasteiger partial charge is 0.363 e. The fourth-order valence-corrected chi connectivity index (χ4v) is 2.16. The van der Waals surface area contributed by atoms with Crippen LogP contribution in [0.4, 0.5) is 5.82 Å². The third-order valence-corrected chi connectivity index (χ3v) is 3.31. The van der Waals surface area contributed by atoms with Crippen LogP contribution >= 0.6 is 23.2 Å². The van der Waals surface area contributed by atoms with Gasteiger partial charge in [-0.1, -0.05) is 50.0 Å². The van der Waals surface area contributed by atoms with Gasteiger partial charge in [-0.3, -0.25) is 5.43 Å². The van der Waals surface area contributed by atoms with Crippen molar-refractivity contribution in [1.82, 2.24) is 15.2 Å². The molecule has 0 bridgehead atoms. The first kappa shape index (κ1) is 16.5. The molecule has 0 aliphatic carbocycles. The Morgan fingerprint density at radius 3 is 2.68 bits per heavy atom. The molecule has 0 amide bonds. The third kappa shape index (κ3) is 4.05.